The van der Waals surface area contributed by atoms with Crippen LogP contribution in [0.25, 0.3) is 0 Å². The van der Waals surface area contributed by atoms with Crippen molar-refractivity contribution in [3.8, 4) is 0 Å². The van der Waals surface area contributed by atoms with Crippen molar-refractivity contribution >= 4 is 11.8 Å². The molecule has 2 N–H and O–H groups in total. The molecule has 176 valence electrons. The first kappa shape index (κ1) is 23.2. The molecule has 0 bridgehead atoms. The molecule has 2 amide bonds. The predicted molar refractivity (Wildman–Crippen MR) is 114 cm³/mol. The second-order valence-corrected chi connectivity index (χ2v) is 8.29. The Kier molecular flexibility index (Phi) is 7.58. The van der Waals surface area contributed by atoms with Crippen LogP contribution in [0.4, 0.5) is 4.39 Å². The minimum Gasteiger partial charge on any atom is -0.389 e. The highest BCUT2D eigenvalue weighted by Gasteiger charge is 2.40. The second-order valence-electron chi connectivity index (χ2n) is 8.29. The molecule has 2 aliphatic heterocycles. The zero-order valence-corrected chi connectivity index (χ0v) is 18.1. The Morgan fingerprint density at radius 3 is 2.76 bits per heavy atom. The van der Waals surface area contributed by atoms with Crippen molar-refractivity contribution in [1.82, 2.24) is 20.2 Å². The second kappa shape index (κ2) is 10.8. The number of carbonyl (C=O) groups excluding carboxylic acids is 2. The topological polar surface area (TPSA) is 114 Å². The average molecular weight is 458 g/mol. The van der Waals surface area contributed by atoms with Crippen molar-refractivity contribution in [2.75, 3.05) is 19.8 Å². The molecule has 0 unspecified atom stereocenters. The zero-order valence-electron chi connectivity index (χ0n) is 18.1. The van der Waals surface area contributed by atoms with E-state index in [-0.39, 0.29) is 61.7 Å². The van der Waals surface area contributed by atoms with Crippen molar-refractivity contribution in [2.45, 2.75) is 50.2 Å². The van der Waals surface area contributed by atoms with Crippen LogP contribution in [0.1, 0.15) is 35.3 Å². The summed E-state index contributed by atoms with van der Waals surface area (Å²) in [6, 6.07) is 5.64. The Balaban J connectivity index is 1.37. The van der Waals surface area contributed by atoms with Crippen LogP contribution in [-0.2, 0) is 20.8 Å². The van der Waals surface area contributed by atoms with Crippen LogP contribution in [0.2, 0.25) is 0 Å². The fourth-order valence-electron chi connectivity index (χ4n) is 4.21. The maximum absolute atomic E-state index is 13.1. The molecule has 2 fully saturated rings. The predicted octanol–water partition coefficient (Wildman–Crippen LogP) is 1.07. The van der Waals surface area contributed by atoms with E-state index in [0.29, 0.717) is 19.4 Å². The van der Waals surface area contributed by atoms with Crippen LogP contribution < -0.4 is 5.32 Å². The highest BCUT2D eigenvalue weighted by atomic mass is 19.1. The smallest absolute Gasteiger partial charge is 0.274 e. The number of aliphatic hydroxyl groups excluding tert-OH is 1. The molecule has 33 heavy (non-hydrogen) atoms. The number of benzene rings is 1. The molecular formula is C23H27FN4O5. The number of ether oxygens (including phenoxy) is 2. The van der Waals surface area contributed by atoms with E-state index in [4.69, 9.17) is 9.47 Å². The molecule has 10 heteroatoms. The van der Waals surface area contributed by atoms with Gasteiger partial charge in [-0.1, -0.05) is 12.1 Å². The van der Waals surface area contributed by atoms with Crippen LogP contribution in [0.5, 0.6) is 0 Å². The third kappa shape index (κ3) is 6.10. The molecule has 2 aliphatic rings. The Hall–Kier alpha value is -2.95. The summed E-state index contributed by atoms with van der Waals surface area (Å²) >= 11 is 0. The first-order valence-electron chi connectivity index (χ1n) is 11.0. The van der Waals surface area contributed by atoms with Gasteiger partial charge in [-0.3, -0.25) is 14.6 Å². The quantitative estimate of drug-likeness (QED) is 0.689. The van der Waals surface area contributed by atoms with Gasteiger partial charge in [-0.2, -0.15) is 0 Å². The van der Waals surface area contributed by atoms with Gasteiger partial charge in [0.2, 0.25) is 5.91 Å². The lowest BCUT2D eigenvalue weighted by Crippen LogP contribution is -2.57. The highest BCUT2D eigenvalue weighted by Crippen LogP contribution is 2.28. The molecule has 4 rings (SSSR count). The molecule has 2 saturated heterocycles. The molecule has 9 nitrogen and oxygen atoms in total. The van der Waals surface area contributed by atoms with Gasteiger partial charge >= 0.3 is 0 Å². The van der Waals surface area contributed by atoms with E-state index < -0.39 is 12.2 Å². The van der Waals surface area contributed by atoms with E-state index in [2.05, 4.69) is 15.3 Å². The minimum absolute atomic E-state index is 0.0830. The number of fused-ring (bicyclic) bond motifs is 1. The largest absolute Gasteiger partial charge is 0.389 e. The fourth-order valence-corrected chi connectivity index (χ4v) is 4.21. The number of hydrogen-bond acceptors (Lipinski definition) is 7. The Morgan fingerprint density at radius 1 is 1.18 bits per heavy atom. The number of β-amino-alcohol motifs (C(OH)–C–C–N with tert-alkyl or cyclic N) is 1. The van der Waals surface area contributed by atoms with Gasteiger partial charge in [0.15, 0.2) is 0 Å². The van der Waals surface area contributed by atoms with Crippen LogP contribution in [-0.4, -0.2) is 75.9 Å². The lowest BCUT2D eigenvalue weighted by molar-refractivity contribution is -0.151. The summed E-state index contributed by atoms with van der Waals surface area (Å²) in [6.45, 7) is 0.696. The van der Waals surface area contributed by atoms with Crippen molar-refractivity contribution in [3.63, 3.8) is 0 Å². The lowest BCUT2D eigenvalue weighted by Gasteiger charge is -2.44. The Morgan fingerprint density at radius 2 is 2.00 bits per heavy atom. The normalized spacial score (nSPS) is 25.5. The average Bonchev–Trinajstić information content (AvgIpc) is 2.82. The molecule has 1 aromatic heterocycles. The number of halogens is 1. The van der Waals surface area contributed by atoms with E-state index in [0.717, 1.165) is 5.56 Å². The molecule has 4 atom stereocenters. The van der Waals surface area contributed by atoms with Gasteiger partial charge in [0.05, 0.1) is 44.1 Å². The number of nitrogens with one attached hydrogen (secondary N) is 1. The third-order valence-electron chi connectivity index (χ3n) is 5.84. The van der Waals surface area contributed by atoms with Gasteiger partial charge in [-0.05, 0) is 30.5 Å². The van der Waals surface area contributed by atoms with Crippen molar-refractivity contribution in [1.29, 1.82) is 0 Å². The van der Waals surface area contributed by atoms with Crippen molar-refractivity contribution in [2.24, 2.45) is 0 Å². The molecule has 0 radical (unpaired) electrons. The van der Waals surface area contributed by atoms with E-state index in [1.807, 2.05) is 0 Å². The number of hydrogen-bond donors (Lipinski definition) is 2. The summed E-state index contributed by atoms with van der Waals surface area (Å²) in [5.41, 5.74) is 1.01. The number of rotatable bonds is 5. The van der Waals surface area contributed by atoms with Gasteiger partial charge in [0.1, 0.15) is 17.6 Å². The summed E-state index contributed by atoms with van der Waals surface area (Å²) in [5.74, 6) is -0.813. The standard InChI is InChI=1S/C23H27FN4O5/c24-16-3-1-15(2-4-16)10-27-22(30)9-18-5-6-20-21(33-18)14-32-13-17(29)12-28(20)23(31)19-11-25-7-8-26-19/h1-4,7-8,11,17-18,20-21,29H,5-6,9-10,12-14H2,(H,27,30)/t17-,18+,20+,21-/m0/s1. The SMILES string of the molecule is O=C(C[C@H]1CC[C@@H]2[C@H](COC[C@@H](O)CN2C(=O)c2cnccn2)O1)NCc1ccc(F)cc1. The van der Waals surface area contributed by atoms with Gasteiger partial charge in [0, 0.05) is 25.5 Å². The van der Waals surface area contributed by atoms with Crippen LogP contribution in [0, 0.1) is 5.82 Å². The summed E-state index contributed by atoms with van der Waals surface area (Å²) < 4.78 is 24.8. The van der Waals surface area contributed by atoms with E-state index in [1.165, 1.54) is 30.7 Å². The van der Waals surface area contributed by atoms with Gasteiger partial charge < -0.3 is 24.8 Å². The van der Waals surface area contributed by atoms with E-state index >= 15 is 0 Å². The zero-order chi connectivity index (χ0) is 23.2. The van der Waals surface area contributed by atoms with Crippen LogP contribution in [0.3, 0.4) is 0 Å². The number of aromatic nitrogens is 2. The third-order valence-corrected chi connectivity index (χ3v) is 5.84. The van der Waals surface area contributed by atoms with Gasteiger partial charge in [-0.15, -0.1) is 0 Å². The molecule has 3 heterocycles. The number of nitrogens with zero attached hydrogens (tertiary/aromatic N) is 3. The maximum atomic E-state index is 13.1. The van der Waals surface area contributed by atoms with Crippen LogP contribution >= 0.6 is 0 Å². The fraction of sp³-hybridized carbons (Fsp3) is 0.478. The maximum Gasteiger partial charge on any atom is 0.274 e. The highest BCUT2D eigenvalue weighted by molar-refractivity contribution is 5.92. The van der Waals surface area contributed by atoms with Crippen molar-refractivity contribution < 1.29 is 28.6 Å². The summed E-state index contributed by atoms with van der Waals surface area (Å²) in [4.78, 5) is 35.2. The Bertz CT molecular complexity index is 946. The molecule has 0 saturated carbocycles. The first-order chi connectivity index (χ1) is 16.0. The minimum atomic E-state index is -0.818. The molecule has 0 spiro atoms. The first-order valence-corrected chi connectivity index (χ1v) is 11.0. The number of aliphatic hydroxyl groups is 1. The van der Waals surface area contributed by atoms with Crippen LogP contribution in [0.15, 0.2) is 42.9 Å². The lowest BCUT2D eigenvalue weighted by atomic mass is 9.94. The summed E-state index contributed by atoms with van der Waals surface area (Å²) in [5, 5.41) is 13.1. The van der Waals surface area contributed by atoms with Gasteiger partial charge in [-0.25, -0.2) is 9.37 Å². The number of carbonyl (C=O) groups is 2. The summed E-state index contributed by atoms with van der Waals surface area (Å²) in [6.07, 6.45) is 4.12. The summed E-state index contributed by atoms with van der Waals surface area (Å²) in [7, 11) is 0. The molecule has 1 aromatic carbocycles. The van der Waals surface area contributed by atoms with Gasteiger partial charge in [0.25, 0.3) is 5.91 Å². The molecule has 0 aliphatic carbocycles. The monoisotopic (exact) mass is 458 g/mol. The van der Waals surface area contributed by atoms with E-state index in [1.54, 1.807) is 17.0 Å². The Labute approximate surface area is 190 Å². The molecule has 2 aromatic rings. The van der Waals surface area contributed by atoms with E-state index in [9.17, 15) is 19.1 Å². The van der Waals surface area contributed by atoms with Crippen molar-refractivity contribution in [3.05, 3.63) is 59.9 Å². The number of amides is 2. The molecular weight excluding hydrogens is 431 g/mol.